The number of rotatable bonds is 6. The number of pyridine rings is 1. The summed E-state index contributed by atoms with van der Waals surface area (Å²) in [5, 5.41) is 9.87. The summed E-state index contributed by atoms with van der Waals surface area (Å²) in [7, 11) is 0. The molecule has 3 heterocycles. The largest absolute Gasteiger partial charge is 0.330 e. The summed E-state index contributed by atoms with van der Waals surface area (Å²) >= 11 is 0. The summed E-state index contributed by atoms with van der Waals surface area (Å²) in [6.07, 6.45) is 0. The molecule has 0 unspecified atom stereocenters. The van der Waals surface area contributed by atoms with Crippen LogP contribution in [0.4, 0.5) is 5.69 Å². The SMILES string of the molecule is Cc1nc(-c2ccc(NC(=O)c3cc(C(C)C)nc4c3c(=O)[nH]c(=O)n4CC(C)C)cc2)n[nH]1. The van der Waals surface area contributed by atoms with E-state index in [-0.39, 0.29) is 28.4 Å². The van der Waals surface area contributed by atoms with Crippen molar-refractivity contribution >= 4 is 22.6 Å². The van der Waals surface area contributed by atoms with Crippen molar-refractivity contribution in [2.45, 2.75) is 47.1 Å². The highest BCUT2D eigenvalue weighted by molar-refractivity contribution is 6.11. The Balaban J connectivity index is 1.77. The van der Waals surface area contributed by atoms with Crippen LogP contribution in [0.5, 0.6) is 0 Å². The van der Waals surface area contributed by atoms with E-state index >= 15 is 0 Å². The van der Waals surface area contributed by atoms with Crippen LogP contribution in [0, 0.1) is 12.8 Å². The molecule has 0 saturated heterocycles. The van der Waals surface area contributed by atoms with Crippen LogP contribution in [0.15, 0.2) is 39.9 Å². The third kappa shape index (κ3) is 4.52. The van der Waals surface area contributed by atoms with Gasteiger partial charge in [0.25, 0.3) is 11.5 Å². The zero-order valence-electron chi connectivity index (χ0n) is 19.8. The number of aromatic amines is 2. The number of nitrogens with one attached hydrogen (secondary N) is 3. The van der Waals surface area contributed by atoms with E-state index in [1.807, 2.05) is 34.6 Å². The Bertz CT molecular complexity index is 1480. The van der Waals surface area contributed by atoms with Crippen molar-refractivity contribution in [3.8, 4) is 11.4 Å². The number of amides is 1. The van der Waals surface area contributed by atoms with Gasteiger partial charge in [0, 0.05) is 23.5 Å². The number of carbonyl (C=O) groups is 1. The van der Waals surface area contributed by atoms with Gasteiger partial charge in [0.15, 0.2) is 11.5 Å². The number of carbonyl (C=O) groups excluding carboxylic acids is 1. The smallest absolute Gasteiger partial charge is 0.322 e. The molecule has 4 rings (SSSR count). The number of fused-ring (bicyclic) bond motifs is 1. The predicted octanol–water partition coefficient (Wildman–Crippen LogP) is 3.21. The normalized spacial score (nSPS) is 11.5. The first kappa shape index (κ1) is 23.1. The van der Waals surface area contributed by atoms with Crippen LogP contribution in [-0.4, -0.2) is 35.6 Å². The summed E-state index contributed by atoms with van der Waals surface area (Å²) in [5.41, 5.74) is 1.18. The average molecular weight is 462 g/mol. The topological polar surface area (TPSA) is 138 Å². The van der Waals surface area contributed by atoms with Crippen LogP contribution >= 0.6 is 0 Å². The number of nitrogens with zero attached hydrogens (tertiary/aromatic N) is 4. The molecule has 0 saturated carbocycles. The van der Waals surface area contributed by atoms with Crippen molar-refractivity contribution in [2.75, 3.05) is 5.32 Å². The lowest BCUT2D eigenvalue weighted by molar-refractivity contribution is 0.102. The van der Waals surface area contributed by atoms with Gasteiger partial charge in [0.1, 0.15) is 5.82 Å². The van der Waals surface area contributed by atoms with Gasteiger partial charge < -0.3 is 5.32 Å². The van der Waals surface area contributed by atoms with Crippen molar-refractivity contribution in [2.24, 2.45) is 5.92 Å². The summed E-state index contributed by atoms with van der Waals surface area (Å²) in [6, 6.07) is 8.70. The maximum Gasteiger partial charge on any atom is 0.330 e. The maximum atomic E-state index is 13.3. The number of hydrogen-bond donors (Lipinski definition) is 3. The van der Waals surface area contributed by atoms with Gasteiger partial charge in [-0.3, -0.25) is 24.2 Å². The fourth-order valence-electron chi connectivity index (χ4n) is 3.68. The monoisotopic (exact) mass is 461 g/mol. The van der Waals surface area contributed by atoms with Gasteiger partial charge in [-0.1, -0.05) is 27.7 Å². The molecular formula is C24H27N7O3. The molecule has 0 atom stereocenters. The quantitative estimate of drug-likeness (QED) is 0.403. The number of H-pyrrole nitrogens is 2. The van der Waals surface area contributed by atoms with E-state index in [0.29, 0.717) is 29.6 Å². The minimum absolute atomic E-state index is 0.0121. The Morgan fingerprint density at radius 3 is 2.38 bits per heavy atom. The molecule has 1 aromatic carbocycles. The Morgan fingerprint density at radius 1 is 1.09 bits per heavy atom. The third-order valence-electron chi connectivity index (χ3n) is 5.35. The first-order valence-electron chi connectivity index (χ1n) is 11.1. The molecule has 4 aromatic rings. The van der Waals surface area contributed by atoms with Crippen LogP contribution in [0.25, 0.3) is 22.4 Å². The summed E-state index contributed by atoms with van der Waals surface area (Å²) < 4.78 is 1.43. The van der Waals surface area contributed by atoms with Gasteiger partial charge in [-0.2, -0.15) is 5.10 Å². The van der Waals surface area contributed by atoms with Crippen LogP contribution in [-0.2, 0) is 6.54 Å². The Kier molecular flexibility index (Phi) is 6.14. The molecule has 3 aromatic heterocycles. The summed E-state index contributed by atoms with van der Waals surface area (Å²) in [6.45, 7) is 10.00. The van der Waals surface area contributed by atoms with Crippen molar-refractivity contribution < 1.29 is 4.79 Å². The van der Waals surface area contributed by atoms with Gasteiger partial charge in [0.2, 0.25) is 0 Å². The van der Waals surface area contributed by atoms with Crippen molar-refractivity contribution in [1.29, 1.82) is 0 Å². The molecule has 34 heavy (non-hydrogen) atoms. The Hall–Kier alpha value is -4.08. The number of aromatic nitrogens is 6. The van der Waals surface area contributed by atoms with Gasteiger partial charge in [-0.05, 0) is 49.1 Å². The van der Waals surface area contributed by atoms with Crippen LogP contribution in [0.2, 0.25) is 0 Å². The van der Waals surface area contributed by atoms with Crippen molar-refractivity contribution in [1.82, 2.24) is 29.7 Å². The summed E-state index contributed by atoms with van der Waals surface area (Å²) in [5.74, 6) is 0.934. The van der Waals surface area contributed by atoms with Crippen molar-refractivity contribution in [3.05, 3.63) is 68.3 Å². The lowest BCUT2D eigenvalue weighted by Crippen LogP contribution is -2.33. The lowest BCUT2D eigenvalue weighted by atomic mass is 10.0. The van der Waals surface area contributed by atoms with Crippen molar-refractivity contribution in [3.63, 3.8) is 0 Å². The highest BCUT2D eigenvalue weighted by Gasteiger charge is 2.21. The van der Waals surface area contributed by atoms with E-state index in [1.165, 1.54) is 4.57 Å². The third-order valence-corrected chi connectivity index (χ3v) is 5.35. The number of hydrogen-bond acceptors (Lipinski definition) is 6. The molecule has 0 fully saturated rings. The van der Waals surface area contributed by atoms with E-state index in [2.05, 4.69) is 30.5 Å². The first-order valence-corrected chi connectivity index (χ1v) is 11.1. The van der Waals surface area contributed by atoms with E-state index in [4.69, 9.17) is 0 Å². The second-order valence-corrected chi connectivity index (χ2v) is 8.99. The van der Waals surface area contributed by atoms with Crippen LogP contribution < -0.4 is 16.6 Å². The molecule has 1 amide bonds. The van der Waals surface area contributed by atoms with Gasteiger partial charge >= 0.3 is 5.69 Å². The molecule has 0 aliphatic rings. The molecule has 0 spiro atoms. The van der Waals surface area contributed by atoms with E-state index in [0.717, 1.165) is 5.56 Å². The first-order chi connectivity index (χ1) is 16.1. The summed E-state index contributed by atoms with van der Waals surface area (Å²) in [4.78, 5) is 49.9. The number of benzene rings is 1. The van der Waals surface area contributed by atoms with Crippen LogP contribution in [0.3, 0.4) is 0 Å². The highest BCUT2D eigenvalue weighted by Crippen LogP contribution is 2.22. The minimum atomic E-state index is -0.636. The molecule has 176 valence electrons. The predicted molar refractivity (Wildman–Crippen MR) is 130 cm³/mol. The second kappa shape index (κ2) is 9.05. The fraction of sp³-hybridized carbons (Fsp3) is 0.333. The van der Waals surface area contributed by atoms with E-state index in [1.54, 1.807) is 30.3 Å². The van der Waals surface area contributed by atoms with E-state index < -0.39 is 17.2 Å². The minimum Gasteiger partial charge on any atom is -0.322 e. The molecule has 10 heteroatoms. The second-order valence-electron chi connectivity index (χ2n) is 8.99. The molecule has 3 N–H and O–H groups in total. The van der Waals surface area contributed by atoms with Crippen LogP contribution in [0.1, 0.15) is 55.5 Å². The Labute approximate surface area is 195 Å². The molecular weight excluding hydrogens is 434 g/mol. The zero-order chi connectivity index (χ0) is 24.6. The standard InChI is InChI=1S/C24H27N7O3/c1-12(2)11-31-21-19(23(33)28-24(31)34)17(10-18(27-21)13(3)4)22(32)26-16-8-6-15(7-9-16)20-25-14(5)29-30-20/h6-10,12-13H,11H2,1-5H3,(H,26,32)(H,25,29,30)(H,28,33,34). The lowest BCUT2D eigenvalue weighted by Gasteiger charge is -2.16. The number of aryl methyl sites for hydroxylation is 1. The number of anilines is 1. The van der Waals surface area contributed by atoms with Gasteiger partial charge in [0.05, 0.1) is 10.9 Å². The van der Waals surface area contributed by atoms with E-state index in [9.17, 15) is 14.4 Å². The van der Waals surface area contributed by atoms with Gasteiger partial charge in [-0.15, -0.1) is 0 Å². The molecule has 0 aliphatic carbocycles. The average Bonchev–Trinajstić information content (AvgIpc) is 3.22. The Morgan fingerprint density at radius 2 is 1.79 bits per heavy atom. The highest BCUT2D eigenvalue weighted by atomic mass is 16.2. The van der Waals surface area contributed by atoms with Gasteiger partial charge in [-0.25, -0.2) is 14.8 Å². The fourth-order valence-corrected chi connectivity index (χ4v) is 3.68. The zero-order valence-corrected chi connectivity index (χ0v) is 19.8. The molecule has 10 nitrogen and oxygen atoms in total. The maximum absolute atomic E-state index is 13.3. The molecule has 0 radical (unpaired) electrons. The molecule has 0 aliphatic heterocycles. The molecule has 0 bridgehead atoms.